The summed E-state index contributed by atoms with van der Waals surface area (Å²) in [4.78, 5) is 3.93. The molecule has 1 aromatic carbocycles. The monoisotopic (exact) mass is 292 g/mol. The Morgan fingerprint density at radius 2 is 2.30 bits per heavy atom. The van der Waals surface area contributed by atoms with E-state index in [9.17, 15) is 8.42 Å². The highest BCUT2D eigenvalue weighted by atomic mass is 32.2. The summed E-state index contributed by atoms with van der Waals surface area (Å²) < 4.78 is 28.8. The first-order valence-electron chi connectivity index (χ1n) is 6.50. The highest BCUT2D eigenvalue weighted by Crippen LogP contribution is 2.26. The van der Waals surface area contributed by atoms with Crippen molar-refractivity contribution in [1.82, 2.24) is 9.55 Å². The maximum absolute atomic E-state index is 12.2. The van der Waals surface area contributed by atoms with Gasteiger partial charge in [0, 0.05) is 30.7 Å². The maximum Gasteiger partial charge on any atom is 0.280 e. The standard InChI is InChI=1S/C13H16N4O2S/c1-2-17-8-13(15-9-17)20(18,19)16-11-3-4-12-10(7-11)5-6-14-12/h3-4,7-9,14,16H,2,5-6H2,1H3. The van der Waals surface area contributed by atoms with Gasteiger partial charge in [-0.05, 0) is 37.1 Å². The van der Waals surface area contributed by atoms with Crippen LogP contribution < -0.4 is 10.0 Å². The zero-order chi connectivity index (χ0) is 14.2. The molecular weight excluding hydrogens is 276 g/mol. The van der Waals surface area contributed by atoms with Crippen molar-refractivity contribution in [2.75, 3.05) is 16.6 Å². The van der Waals surface area contributed by atoms with E-state index in [0.717, 1.165) is 24.2 Å². The zero-order valence-corrected chi connectivity index (χ0v) is 11.9. The van der Waals surface area contributed by atoms with E-state index in [0.29, 0.717) is 12.2 Å². The highest BCUT2D eigenvalue weighted by Gasteiger charge is 2.18. The molecule has 1 aliphatic rings. The molecular formula is C13H16N4O2S. The van der Waals surface area contributed by atoms with Crippen molar-refractivity contribution < 1.29 is 8.42 Å². The molecule has 0 saturated carbocycles. The Kier molecular flexibility index (Phi) is 3.13. The van der Waals surface area contributed by atoms with Gasteiger partial charge in [0.1, 0.15) is 0 Å². The van der Waals surface area contributed by atoms with Crippen LogP contribution in [-0.4, -0.2) is 24.5 Å². The lowest BCUT2D eigenvalue weighted by Crippen LogP contribution is -2.13. The average molecular weight is 292 g/mol. The highest BCUT2D eigenvalue weighted by molar-refractivity contribution is 7.92. The van der Waals surface area contributed by atoms with Gasteiger partial charge in [0.05, 0.1) is 6.33 Å². The molecule has 106 valence electrons. The van der Waals surface area contributed by atoms with Crippen LogP contribution in [0.5, 0.6) is 0 Å². The number of fused-ring (bicyclic) bond motifs is 1. The van der Waals surface area contributed by atoms with Crippen LogP contribution in [0, 0.1) is 0 Å². The SMILES string of the molecule is CCn1cnc(S(=O)(=O)Nc2ccc3c(c2)CCN3)c1. The topological polar surface area (TPSA) is 76.0 Å². The molecule has 0 fully saturated rings. The summed E-state index contributed by atoms with van der Waals surface area (Å²) >= 11 is 0. The van der Waals surface area contributed by atoms with Crippen LogP contribution in [0.1, 0.15) is 12.5 Å². The molecule has 1 aliphatic heterocycles. The predicted octanol–water partition coefficient (Wildman–Crippen LogP) is 1.67. The molecule has 0 spiro atoms. The number of aromatic nitrogens is 2. The van der Waals surface area contributed by atoms with Crippen LogP contribution in [0.25, 0.3) is 0 Å². The van der Waals surface area contributed by atoms with E-state index in [1.165, 1.54) is 12.5 Å². The van der Waals surface area contributed by atoms with Crippen LogP contribution in [0.15, 0.2) is 35.7 Å². The third kappa shape index (κ3) is 2.36. The third-order valence-electron chi connectivity index (χ3n) is 3.32. The maximum atomic E-state index is 12.2. The Labute approximate surface area is 117 Å². The number of imidazole rings is 1. The minimum Gasteiger partial charge on any atom is -0.384 e. The molecule has 0 amide bonds. The summed E-state index contributed by atoms with van der Waals surface area (Å²) in [5.41, 5.74) is 2.77. The van der Waals surface area contributed by atoms with Crippen molar-refractivity contribution in [3.05, 3.63) is 36.3 Å². The summed E-state index contributed by atoms with van der Waals surface area (Å²) in [5, 5.41) is 3.28. The lowest BCUT2D eigenvalue weighted by atomic mass is 10.1. The second-order valence-electron chi connectivity index (χ2n) is 4.70. The van der Waals surface area contributed by atoms with Crippen LogP contribution >= 0.6 is 0 Å². The van der Waals surface area contributed by atoms with E-state index in [1.807, 2.05) is 19.1 Å². The van der Waals surface area contributed by atoms with Crippen molar-refractivity contribution in [3.8, 4) is 0 Å². The average Bonchev–Trinajstić information content (AvgIpc) is 3.06. The molecule has 2 heterocycles. The smallest absolute Gasteiger partial charge is 0.280 e. The second kappa shape index (κ2) is 4.82. The third-order valence-corrected chi connectivity index (χ3v) is 4.58. The van der Waals surface area contributed by atoms with Gasteiger partial charge in [0.2, 0.25) is 0 Å². The number of rotatable bonds is 4. The number of nitrogens with zero attached hydrogens (tertiary/aromatic N) is 2. The fourth-order valence-electron chi connectivity index (χ4n) is 2.23. The second-order valence-corrected chi connectivity index (χ2v) is 6.33. The molecule has 0 radical (unpaired) electrons. The quantitative estimate of drug-likeness (QED) is 0.899. The first-order chi connectivity index (χ1) is 9.58. The number of sulfonamides is 1. The summed E-state index contributed by atoms with van der Waals surface area (Å²) in [6.07, 6.45) is 3.95. The van der Waals surface area contributed by atoms with Gasteiger partial charge in [-0.3, -0.25) is 4.72 Å². The summed E-state index contributed by atoms with van der Waals surface area (Å²) in [5.74, 6) is 0. The van der Waals surface area contributed by atoms with Gasteiger partial charge in [-0.1, -0.05) is 0 Å². The Morgan fingerprint density at radius 3 is 3.05 bits per heavy atom. The zero-order valence-electron chi connectivity index (χ0n) is 11.1. The van der Waals surface area contributed by atoms with E-state index in [4.69, 9.17) is 0 Å². The lowest BCUT2D eigenvalue weighted by Gasteiger charge is -2.07. The molecule has 1 aromatic heterocycles. The van der Waals surface area contributed by atoms with Crippen molar-refractivity contribution in [3.63, 3.8) is 0 Å². The molecule has 20 heavy (non-hydrogen) atoms. The molecule has 0 atom stereocenters. The molecule has 2 aromatic rings. The molecule has 7 heteroatoms. The van der Waals surface area contributed by atoms with Gasteiger partial charge in [-0.15, -0.1) is 0 Å². The van der Waals surface area contributed by atoms with Crippen LogP contribution in [-0.2, 0) is 23.0 Å². The molecule has 3 rings (SSSR count). The summed E-state index contributed by atoms with van der Waals surface area (Å²) in [6, 6.07) is 5.51. The van der Waals surface area contributed by atoms with Crippen molar-refractivity contribution >= 4 is 21.4 Å². The largest absolute Gasteiger partial charge is 0.384 e. The molecule has 6 nitrogen and oxygen atoms in total. The minimum atomic E-state index is -3.62. The number of nitrogens with one attached hydrogen (secondary N) is 2. The molecule has 0 aliphatic carbocycles. The van der Waals surface area contributed by atoms with Crippen molar-refractivity contribution in [1.29, 1.82) is 0 Å². The van der Waals surface area contributed by atoms with E-state index >= 15 is 0 Å². The van der Waals surface area contributed by atoms with Crippen molar-refractivity contribution in [2.24, 2.45) is 0 Å². The van der Waals surface area contributed by atoms with Crippen LogP contribution in [0.4, 0.5) is 11.4 Å². The number of hydrogen-bond donors (Lipinski definition) is 2. The Morgan fingerprint density at radius 1 is 1.45 bits per heavy atom. The molecule has 2 N–H and O–H groups in total. The minimum absolute atomic E-state index is 0.0398. The van der Waals surface area contributed by atoms with E-state index in [-0.39, 0.29) is 5.03 Å². The first-order valence-corrected chi connectivity index (χ1v) is 7.98. The van der Waals surface area contributed by atoms with Gasteiger partial charge in [0.25, 0.3) is 10.0 Å². The fourth-order valence-corrected chi connectivity index (χ4v) is 3.23. The normalized spacial score (nSPS) is 13.8. The Bertz CT molecular complexity index is 737. The van der Waals surface area contributed by atoms with Gasteiger partial charge >= 0.3 is 0 Å². The van der Waals surface area contributed by atoms with Crippen LogP contribution in [0.2, 0.25) is 0 Å². The Hall–Kier alpha value is -2.02. The van der Waals surface area contributed by atoms with Gasteiger partial charge < -0.3 is 9.88 Å². The molecule has 0 bridgehead atoms. The Balaban J connectivity index is 1.86. The number of anilines is 2. The van der Waals surface area contributed by atoms with Crippen molar-refractivity contribution in [2.45, 2.75) is 24.9 Å². The van der Waals surface area contributed by atoms with E-state index in [2.05, 4.69) is 15.0 Å². The van der Waals surface area contributed by atoms with Crippen LogP contribution in [0.3, 0.4) is 0 Å². The predicted molar refractivity (Wildman–Crippen MR) is 77.3 cm³/mol. The van der Waals surface area contributed by atoms with Gasteiger partial charge in [-0.2, -0.15) is 8.42 Å². The summed E-state index contributed by atoms with van der Waals surface area (Å²) in [6.45, 7) is 3.51. The summed E-state index contributed by atoms with van der Waals surface area (Å²) in [7, 11) is -3.62. The van der Waals surface area contributed by atoms with E-state index in [1.54, 1.807) is 10.6 Å². The number of hydrogen-bond acceptors (Lipinski definition) is 4. The number of aryl methyl sites for hydroxylation is 1. The van der Waals surface area contributed by atoms with Gasteiger partial charge in [0.15, 0.2) is 5.03 Å². The molecule has 0 saturated heterocycles. The van der Waals surface area contributed by atoms with E-state index < -0.39 is 10.0 Å². The fraction of sp³-hybridized carbons (Fsp3) is 0.308. The van der Waals surface area contributed by atoms with Gasteiger partial charge in [-0.25, -0.2) is 4.98 Å². The number of benzene rings is 1. The first kappa shape index (κ1) is 13.0. The molecule has 0 unspecified atom stereocenters. The lowest BCUT2D eigenvalue weighted by molar-refractivity contribution is 0.598.